The third-order valence-corrected chi connectivity index (χ3v) is 5.90. The van der Waals surface area contributed by atoms with Crippen molar-refractivity contribution in [2.75, 3.05) is 18.1 Å². The zero-order valence-corrected chi connectivity index (χ0v) is 13.0. The highest BCUT2D eigenvalue weighted by atomic mass is 79.9. The summed E-state index contributed by atoms with van der Waals surface area (Å²) in [6, 6.07) is 5.67. The van der Waals surface area contributed by atoms with Gasteiger partial charge in [0.25, 0.3) is 0 Å². The van der Waals surface area contributed by atoms with Gasteiger partial charge < -0.3 is 5.32 Å². The Morgan fingerprint density at radius 2 is 2.22 bits per heavy atom. The van der Waals surface area contributed by atoms with Crippen LogP contribution in [-0.4, -0.2) is 26.5 Å². The molecule has 0 saturated carbocycles. The maximum atomic E-state index is 11.3. The van der Waals surface area contributed by atoms with Crippen LogP contribution in [0.4, 0.5) is 0 Å². The van der Waals surface area contributed by atoms with Crippen molar-refractivity contribution in [1.29, 1.82) is 0 Å². The van der Waals surface area contributed by atoms with Crippen LogP contribution in [0.2, 0.25) is 5.02 Å². The van der Waals surface area contributed by atoms with E-state index in [1.807, 2.05) is 18.2 Å². The van der Waals surface area contributed by atoms with Gasteiger partial charge in [-0.1, -0.05) is 33.6 Å². The molecule has 0 amide bonds. The summed E-state index contributed by atoms with van der Waals surface area (Å²) < 4.78 is 23.6. The van der Waals surface area contributed by atoms with Gasteiger partial charge in [-0.05, 0) is 36.6 Å². The van der Waals surface area contributed by atoms with Crippen LogP contribution < -0.4 is 5.32 Å². The quantitative estimate of drug-likeness (QED) is 0.906. The number of halogens is 2. The van der Waals surface area contributed by atoms with Crippen LogP contribution in [0.5, 0.6) is 0 Å². The maximum absolute atomic E-state index is 11.3. The second-order valence-corrected chi connectivity index (χ2v) is 8.16. The van der Waals surface area contributed by atoms with Crippen LogP contribution in [0.3, 0.4) is 0 Å². The smallest absolute Gasteiger partial charge is 0.150 e. The summed E-state index contributed by atoms with van der Waals surface area (Å²) in [6.45, 7) is 1.46. The Bertz CT molecular complexity index is 533. The van der Waals surface area contributed by atoms with Gasteiger partial charge in [-0.3, -0.25) is 0 Å². The van der Waals surface area contributed by atoms with Gasteiger partial charge in [0.05, 0.1) is 11.5 Å². The lowest BCUT2D eigenvalue weighted by Gasteiger charge is -2.10. The molecule has 1 heterocycles. The first-order chi connectivity index (χ1) is 8.46. The number of benzene rings is 1. The topological polar surface area (TPSA) is 46.2 Å². The molecule has 0 aliphatic carbocycles. The fourth-order valence-corrected chi connectivity index (χ4v) is 4.79. The van der Waals surface area contributed by atoms with E-state index in [1.165, 1.54) is 0 Å². The fraction of sp³-hybridized carbons (Fsp3) is 0.500. The van der Waals surface area contributed by atoms with Crippen molar-refractivity contribution in [2.24, 2.45) is 5.92 Å². The van der Waals surface area contributed by atoms with E-state index in [2.05, 4.69) is 21.2 Å². The first-order valence-corrected chi connectivity index (χ1v) is 8.80. The van der Waals surface area contributed by atoms with E-state index in [-0.39, 0.29) is 5.92 Å². The van der Waals surface area contributed by atoms with Gasteiger partial charge in [0.1, 0.15) is 0 Å². The highest BCUT2D eigenvalue weighted by Gasteiger charge is 2.27. The molecule has 2 rings (SSSR count). The van der Waals surface area contributed by atoms with Gasteiger partial charge in [0.2, 0.25) is 0 Å². The lowest BCUT2D eigenvalue weighted by atomic mass is 10.1. The van der Waals surface area contributed by atoms with Crippen LogP contribution >= 0.6 is 27.5 Å². The van der Waals surface area contributed by atoms with Crippen molar-refractivity contribution in [3.8, 4) is 0 Å². The molecule has 1 saturated heterocycles. The number of hydrogen-bond donors (Lipinski definition) is 1. The second-order valence-electron chi connectivity index (χ2n) is 4.64. The minimum absolute atomic E-state index is 0.251. The molecule has 1 unspecified atom stereocenters. The Balaban J connectivity index is 1.82. The third kappa shape index (κ3) is 3.95. The average Bonchev–Trinajstić information content (AvgIpc) is 2.61. The molecule has 1 aliphatic heterocycles. The average molecular weight is 353 g/mol. The van der Waals surface area contributed by atoms with Crippen molar-refractivity contribution < 1.29 is 8.42 Å². The van der Waals surface area contributed by atoms with Gasteiger partial charge in [-0.25, -0.2) is 8.42 Å². The molecule has 0 aromatic heterocycles. The van der Waals surface area contributed by atoms with Crippen molar-refractivity contribution in [1.82, 2.24) is 5.32 Å². The zero-order valence-electron chi connectivity index (χ0n) is 9.83. The molecule has 18 heavy (non-hydrogen) atoms. The van der Waals surface area contributed by atoms with Gasteiger partial charge in [0, 0.05) is 16.0 Å². The molecule has 1 aliphatic rings. The molecule has 1 aromatic rings. The predicted molar refractivity (Wildman–Crippen MR) is 77.6 cm³/mol. The maximum Gasteiger partial charge on any atom is 0.150 e. The van der Waals surface area contributed by atoms with Crippen LogP contribution in [0.15, 0.2) is 22.7 Å². The lowest BCUT2D eigenvalue weighted by Crippen LogP contribution is -2.23. The summed E-state index contributed by atoms with van der Waals surface area (Å²) >= 11 is 9.33. The van der Waals surface area contributed by atoms with Crippen LogP contribution in [0.25, 0.3) is 0 Å². The van der Waals surface area contributed by atoms with Crippen molar-refractivity contribution in [2.45, 2.75) is 13.0 Å². The van der Waals surface area contributed by atoms with Crippen LogP contribution in [-0.2, 0) is 16.4 Å². The Morgan fingerprint density at radius 1 is 1.44 bits per heavy atom. The number of sulfone groups is 1. The molecule has 0 radical (unpaired) electrons. The van der Waals surface area contributed by atoms with E-state index in [1.54, 1.807) is 0 Å². The van der Waals surface area contributed by atoms with Gasteiger partial charge in [-0.15, -0.1) is 0 Å². The standard InChI is InChI=1S/C12H15BrClNO2S/c13-12-5-11(14)2-1-10(12)7-15-6-9-3-4-18(16,17)8-9/h1-2,5,9,15H,3-4,6-8H2. The normalized spacial score (nSPS) is 22.2. The molecule has 100 valence electrons. The zero-order chi connectivity index (χ0) is 13.2. The number of rotatable bonds is 4. The third-order valence-electron chi connectivity index (χ3n) is 3.09. The SMILES string of the molecule is O=S1(=O)CCC(CNCc2ccc(Cl)cc2Br)C1. The summed E-state index contributed by atoms with van der Waals surface area (Å²) in [5.41, 5.74) is 1.13. The highest BCUT2D eigenvalue weighted by Crippen LogP contribution is 2.22. The van der Waals surface area contributed by atoms with Crippen molar-refractivity contribution in [3.05, 3.63) is 33.3 Å². The molecule has 0 spiro atoms. The molecule has 0 bridgehead atoms. The van der Waals surface area contributed by atoms with Crippen LogP contribution in [0, 0.1) is 5.92 Å². The largest absolute Gasteiger partial charge is 0.312 e. The monoisotopic (exact) mass is 351 g/mol. The lowest BCUT2D eigenvalue weighted by molar-refractivity contribution is 0.520. The molecule has 1 N–H and O–H groups in total. The van der Waals surface area contributed by atoms with E-state index in [9.17, 15) is 8.42 Å². The summed E-state index contributed by atoms with van der Waals surface area (Å²) in [4.78, 5) is 0. The summed E-state index contributed by atoms with van der Waals surface area (Å²) in [7, 11) is -2.77. The Morgan fingerprint density at radius 3 is 2.83 bits per heavy atom. The molecule has 6 heteroatoms. The van der Waals surface area contributed by atoms with Gasteiger partial charge in [-0.2, -0.15) is 0 Å². The van der Waals surface area contributed by atoms with Gasteiger partial charge in [0.15, 0.2) is 9.84 Å². The molecule has 1 aromatic carbocycles. The molecular weight excluding hydrogens is 338 g/mol. The van der Waals surface area contributed by atoms with Crippen molar-refractivity contribution >= 4 is 37.4 Å². The number of nitrogens with one attached hydrogen (secondary N) is 1. The fourth-order valence-electron chi connectivity index (χ4n) is 2.11. The van der Waals surface area contributed by atoms with Crippen molar-refractivity contribution in [3.63, 3.8) is 0 Å². The molecular formula is C12H15BrClNO2S. The Labute approximate surface area is 121 Å². The predicted octanol–water partition coefficient (Wildman–Crippen LogP) is 2.63. The first-order valence-electron chi connectivity index (χ1n) is 5.81. The first kappa shape index (κ1) is 14.3. The van der Waals surface area contributed by atoms with Gasteiger partial charge >= 0.3 is 0 Å². The summed E-state index contributed by atoms with van der Waals surface area (Å²) in [6.07, 6.45) is 0.775. The van der Waals surface area contributed by atoms with E-state index in [4.69, 9.17) is 11.6 Å². The molecule has 3 nitrogen and oxygen atoms in total. The minimum atomic E-state index is -2.77. The summed E-state index contributed by atoms with van der Waals surface area (Å²) in [5, 5.41) is 4.01. The number of hydrogen-bond acceptors (Lipinski definition) is 3. The van der Waals surface area contributed by atoms with Crippen LogP contribution in [0.1, 0.15) is 12.0 Å². The molecule has 1 fully saturated rings. The van der Waals surface area contributed by atoms with E-state index < -0.39 is 9.84 Å². The molecule has 1 atom stereocenters. The Hall–Kier alpha value is -0.100. The van der Waals surface area contributed by atoms with E-state index in [0.29, 0.717) is 23.1 Å². The van der Waals surface area contributed by atoms with E-state index >= 15 is 0 Å². The minimum Gasteiger partial charge on any atom is -0.312 e. The highest BCUT2D eigenvalue weighted by molar-refractivity contribution is 9.10. The Kier molecular flexibility index (Phi) is 4.69. The summed E-state index contributed by atoms with van der Waals surface area (Å²) in [5.74, 6) is 0.910. The van der Waals surface area contributed by atoms with E-state index in [0.717, 1.165) is 23.0 Å². The second kappa shape index (κ2) is 5.90.